The summed E-state index contributed by atoms with van der Waals surface area (Å²) in [5.41, 5.74) is 2.02. The van der Waals surface area contributed by atoms with Gasteiger partial charge in [0.1, 0.15) is 0 Å². The molecule has 0 saturated carbocycles. The Hall–Kier alpha value is 0.0700. The molecule has 0 radical (unpaired) electrons. The first-order valence-corrected chi connectivity index (χ1v) is 14.2. The number of benzene rings is 2. The van der Waals surface area contributed by atoms with Crippen LogP contribution in [0.3, 0.4) is 0 Å². The number of piperidine rings is 1. The van der Waals surface area contributed by atoms with Gasteiger partial charge in [-0.2, -0.15) is 0 Å². The molecule has 3 rings (SSSR count). The maximum absolute atomic E-state index is 12.6. The number of halogens is 5. The maximum atomic E-state index is 12.6. The lowest BCUT2D eigenvalue weighted by Gasteiger charge is -2.38. The van der Waals surface area contributed by atoms with E-state index in [9.17, 15) is 4.79 Å². The predicted octanol–water partition coefficient (Wildman–Crippen LogP) is 7.82. The van der Waals surface area contributed by atoms with E-state index in [4.69, 9.17) is 0 Å². The molecule has 1 amide bonds. The molecule has 0 aliphatic carbocycles. The molecule has 1 N–H and O–H groups in total. The van der Waals surface area contributed by atoms with Gasteiger partial charge in [0.15, 0.2) is 0 Å². The van der Waals surface area contributed by atoms with Crippen LogP contribution >= 0.6 is 79.6 Å². The lowest BCUT2D eigenvalue weighted by molar-refractivity contribution is -0.119. The molecular weight excluding hydrogens is 722 g/mol. The molecule has 31 heavy (non-hydrogen) atoms. The number of rotatable bonds is 7. The van der Waals surface area contributed by atoms with Gasteiger partial charge in [0.05, 0.1) is 14.6 Å². The molecule has 0 atom stereocenters. The molecule has 1 saturated heterocycles. The van der Waals surface area contributed by atoms with E-state index in [-0.39, 0.29) is 11.9 Å². The zero-order valence-electron chi connectivity index (χ0n) is 17.1. The van der Waals surface area contributed by atoms with Crippen molar-refractivity contribution in [1.82, 2.24) is 4.90 Å². The molecule has 1 heterocycles. The van der Waals surface area contributed by atoms with Crippen molar-refractivity contribution >= 4 is 96.9 Å². The molecular formula is C22H24Br5N3O. The molecule has 1 aliphatic heterocycles. The summed E-state index contributed by atoms with van der Waals surface area (Å²) in [7, 11) is 0. The smallest absolute Gasteiger partial charge is 0.226 e. The Morgan fingerprint density at radius 3 is 2.06 bits per heavy atom. The Morgan fingerprint density at radius 1 is 0.968 bits per heavy atom. The maximum Gasteiger partial charge on any atom is 0.226 e. The van der Waals surface area contributed by atoms with Crippen LogP contribution in [0, 0.1) is 0 Å². The van der Waals surface area contributed by atoms with Gasteiger partial charge in [-0.25, -0.2) is 0 Å². The predicted molar refractivity (Wildman–Crippen MR) is 147 cm³/mol. The van der Waals surface area contributed by atoms with Gasteiger partial charge in [-0.3, -0.25) is 4.79 Å². The number of amides is 1. The minimum atomic E-state index is 0.201. The van der Waals surface area contributed by atoms with E-state index in [1.165, 1.54) is 0 Å². The van der Waals surface area contributed by atoms with Crippen molar-refractivity contribution in [2.24, 2.45) is 0 Å². The van der Waals surface area contributed by atoms with Crippen molar-refractivity contribution in [3.05, 3.63) is 52.7 Å². The molecule has 4 nitrogen and oxygen atoms in total. The first kappa shape index (κ1) is 25.7. The Kier molecular flexibility index (Phi) is 9.92. The standard InChI is InChI=1S/C22H24Br5N3O/c1-2-16(31)30(14-6-4-3-5-7-14)15-8-11-29(12-9-15)13-10-28-22-20(26)18(24)17(23)19(25)21(22)27/h3-7,15,28H,2,8-13H2,1H3. The van der Waals surface area contributed by atoms with Crippen molar-refractivity contribution in [2.75, 3.05) is 36.4 Å². The summed E-state index contributed by atoms with van der Waals surface area (Å²) >= 11 is 18.1. The van der Waals surface area contributed by atoms with E-state index in [1.54, 1.807) is 0 Å². The van der Waals surface area contributed by atoms with Crippen LogP contribution in [0.2, 0.25) is 0 Å². The summed E-state index contributed by atoms with van der Waals surface area (Å²) in [6.07, 6.45) is 2.51. The van der Waals surface area contributed by atoms with Gasteiger partial charge in [-0.15, -0.1) is 0 Å². The fourth-order valence-electron chi connectivity index (χ4n) is 3.82. The second kappa shape index (κ2) is 12.0. The third kappa shape index (κ3) is 6.15. The largest absolute Gasteiger partial charge is 0.382 e. The highest BCUT2D eigenvalue weighted by molar-refractivity contribution is 9.15. The van der Waals surface area contributed by atoms with Crippen molar-refractivity contribution in [1.29, 1.82) is 0 Å². The number of carbonyl (C=O) groups excluding carboxylic acids is 1. The summed E-state index contributed by atoms with van der Waals surface area (Å²) < 4.78 is 4.85. The van der Waals surface area contributed by atoms with Gasteiger partial charge in [-0.1, -0.05) is 25.1 Å². The average molecular weight is 746 g/mol. The molecule has 0 spiro atoms. The van der Waals surface area contributed by atoms with Crippen molar-refractivity contribution < 1.29 is 4.79 Å². The van der Waals surface area contributed by atoms with Gasteiger partial charge in [-0.05, 0) is 105 Å². The van der Waals surface area contributed by atoms with Gasteiger partial charge >= 0.3 is 0 Å². The molecule has 2 aromatic rings. The molecule has 1 aliphatic rings. The number of hydrogen-bond acceptors (Lipinski definition) is 3. The molecule has 2 aromatic carbocycles. The van der Waals surface area contributed by atoms with Crippen molar-refractivity contribution in [3.8, 4) is 0 Å². The highest BCUT2D eigenvalue weighted by Crippen LogP contribution is 2.47. The Morgan fingerprint density at radius 2 is 1.52 bits per heavy atom. The lowest BCUT2D eigenvalue weighted by atomic mass is 10.0. The van der Waals surface area contributed by atoms with E-state index in [1.807, 2.05) is 42.2 Å². The zero-order valence-corrected chi connectivity index (χ0v) is 25.0. The van der Waals surface area contributed by atoms with E-state index in [0.29, 0.717) is 6.42 Å². The van der Waals surface area contributed by atoms with Gasteiger partial charge in [0, 0.05) is 57.7 Å². The average Bonchev–Trinajstić information content (AvgIpc) is 2.80. The first-order valence-electron chi connectivity index (χ1n) is 10.2. The second-order valence-electron chi connectivity index (χ2n) is 7.40. The van der Waals surface area contributed by atoms with Crippen LogP contribution in [-0.4, -0.2) is 43.0 Å². The monoisotopic (exact) mass is 741 g/mol. The molecule has 0 bridgehead atoms. The fourth-order valence-corrected chi connectivity index (χ4v) is 7.14. The molecule has 9 heteroatoms. The van der Waals surface area contributed by atoms with Gasteiger partial charge in [0.25, 0.3) is 0 Å². The Bertz CT molecular complexity index is 888. The topological polar surface area (TPSA) is 35.6 Å². The van der Waals surface area contributed by atoms with Crippen LogP contribution in [0.1, 0.15) is 26.2 Å². The summed E-state index contributed by atoms with van der Waals surface area (Å²) in [6, 6.07) is 10.3. The van der Waals surface area contributed by atoms with Crippen LogP contribution in [0.5, 0.6) is 0 Å². The number of nitrogens with one attached hydrogen (secondary N) is 1. The molecule has 168 valence electrons. The highest BCUT2D eigenvalue weighted by atomic mass is 79.9. The van der Waals surface area contributed by atoms with Crippen molar-refractivity contribution in [2.45, 2.75) is 32.2 Å². The number of hydrogen-bond donors (Lipinski definition) is 1. The second-order valence-corrected chi connectivity index (χ2v) is 11.4. The molecule has 0 unspecified atom stereocenters. The molecule has 0 aromatic heterocycles. The quantitative estimate of drug-likeness (QED) is 0.232. The third-order valence-electron chi connectivity index (χ3n) is 5.47. The van der Waals surface area contributed by atoms with Crippen LogP contribution in [-0.2, 0) is 4.79 Å². The van der Waals surface area contributed by atoms with Crippen LogP contribution in [0.25, 0.3) is 0 Å². The van der Waals surface area contributed by atoms with Crippen LogP contribution in [0.4, 0.5) is 11.4 Å². The summed E-state index contributed by atoms with van der Waals surface area (Å²) in [4.78, 5) is 17.1. The van der Waals surface area contributed by atoms with Gasteiger partial charge < -0.3 is 15.1 Å². The Balaban J connectivity index is 1.57. The highest BCUT2D eigenvalue weighted by Gasteiger charge is 2.28. The normalized spacial score (nSPS) is 15.2. The molecule has 1 fully saturated rings. The number of para-hydroxylation sites is 1. The summed E-state index contributed by atoms with van der Waals surface area (Å²) in [5.74, 6) is 0.201. The summed E-state index contributed by atoms with van der Waals surface area (Å²) in [6.45, 7) is 5.70. The van der Waals surface area contributed by atoms with E-state index in [2.05, 4.69) is 89.9 Å². The van der Waals surface area contributed by atoms with Gasteiger partial charge in [0.2, 0.25) is 5.91 Å². The summed E-state index contributed by atoms with van der Waals surface area (Å²) in [5, 5.41) is 3.54. The minimum absolute atomic E-state index is 0.201. The first-order chi connectivity index (χ1) is 14.8. The van der Waals surface area contributed by atoms with Crippen LogP contribution < -0.4 is 10.2 Å². The number of nitrogens with zero attached hydrogens (tertiary/aromatic N) is 2. The van der Waals surface area contributed by atoms with E-state index < -0.39 is 0 Å². The Labute approximate surface area is 226 Å². The van der Waals surface area contributed by atoms with E-state index in [0.717, 1.165) is 72.8 Å². The zero-order chi connectivity index (χ0) is 22.5. The lowest BCUT2D eigenvalue weighted by Crippen LogP contribution is -2.48. The van der Waals surface area contributed by atoms with Crippen LogP contribution in [0.15, 0.2) is 52.7 Å². The number of anilines is 2. The third-order valence-corrected chi connectivity index (χ3v) is 11.6. The SMILES string of the molecule is CCC(=O)N(c1ccccc1)C1CCN(CCNc2c(Br)c(Br)c(Br)c(Br)c2Br)CC1. The van der Waals surface area contributed by atoms with E-state index >= 15 is 0 Å². The number of carbonyl (C=O) groups is 1. The van der Waals surface area contributed by atoms with Crippen molar-refractivity contribution in [3.63, 3.8) is 0 Å². The minimum Gasteiger partial charge on any atom is -0.382 e. The fraction of sp³-hybridized carbons (Fsp3) is 0.409. The number of likely N-dealkylation sites (tertiary alicyclic amines) is 1.